The van der Waals surface area contributed by atoms with Crippen molar-refractivity contribution in [3.63, 3.8) is 0 Å². The van der Waals surface area contributed by atoms with Crippen LogP contribution in [0.3, 0.4) is 0 Å². The normalized spacial score (nSPS) is 15.6. The Morgan fingerprint density at radius 1 is 0.932 bits per heavy atom. The lowest BCUT2D eigenvalue weighted by atomic mass is 9.83. The number of aryl methyl sites for hydroxylation is 1. The second-order valence-electron chi connectivity index (χ2n) is 10.7. The monoisotopic (exact) mass is 664 g/mol. The fraction of sp³-hybridized carbons (Fsp3) is 0.167. The summed E-state index contributed by atoms with van der Waals surface area (Å²) in [5.41, 5.74) is 7.36. The lowest BCUT2D eigenvalue weighted by Crippen LogP contribution is -2.38. The molecular formula is C36H29BrN2O4S. The third-order valence-corrected chi connectivity index (χ3v) is 9.58. The summed E-state index contributed by atoms with van der Waals surface area (Å²) in [5, 5.41) is 0. The maximum absolute atomic E-state index is 14.2. The first-order valence-electron chi connectivity index (χ1n) is 14.3. The molecular weight excluding hydrogens is 636 g/mol. The number of fused-ring (bicyclic) bond motifs is 3. The molecule has 220 valence electrons. The second kappa shape index (κ2) is 11.9. The van der Waals surface area contributed by atoms with Crippen LogP contribution in [-0.2, 0) is 13.0 Å². The number of hydrogen-bond acceptors (Lipinski definition) is 6. The number of halogens is 1. The van der Waals surface area contributed by atoms with Crippen LogP contribution in [0.15, 0.2) is 111 Å². The van der Waals surface area contributed by atoms with E-state index in [1.807, 2.05) is 77.4 Å². The van der Waals surface area contributed by atoms with E-state index in [0.717, 1.165) is 56.6 Å². The van der Waals surface area contributed by atoms with Crippen molar-refractivity contribution in [2.45, 2.75) is 25.5 Å². The quantitative estimate of drug-likeness (QED) is 0.195. The highest BCUT2D eigenvalue weighted by molar-refractivity contribution is 9.10. The van der Waals surface area contributed by atoms with Crippen LogP contribution in [0.5, 0.6) is 17.2 Å². The highest BCUT2D eigenvalue weighted by atomic mass is 79.9. The topological polar surface area (TPSA) is 62.0 Å². The molecule has 0 amide bonds. The molecule has 1 unspecified atom stereocenters. The summed E-state index contributed by atoms with van der Waals surface area (Å²) in [5.74, 6) is 2.02. The van der Waals surface area contributed by atoms with Gasteiger partial charge >= 0.3 is 0 Å². The SMILES string of the molecule is COc1ccc(C2C3=C(N=c4s/c(=C/c5cccc(OCc6ccc(Br)cc6)c5)c(=O)n42)c2ccccc2CC3)cc1OC. The smallest absolute Gasteiger partial charge is 0.271 e. The predicted octanol–water partition coefficient (Wildman–Crippen LogP) is 6.68. The fourth-order valence-electron chi connectivity index (χ4n) is 5.94. The molecule has 4 aromatic carbocycles. The number of ether oxygens (including phenoxy) is 3. The van der Waals surface area contributed by atoms with E-state index in [1.165, 1.54) is 16.9 Å². The molecule has 0 N–H and O–H groups in total. The molecule has 8 heteroatoms. The Labute approximate surface area is 267 Å². The Morgan fingerprint density at radius 2 is 1.75 bits per heavy atom. The summed E-state index contributed by atoms with van der Waals surface area (Å²) in [6.45, 7) is 0.456. The fourth-order valence-corrected chi connectivity index (χ4v) is 7.20. The lowest BCUT2D eigenvalue weighted by molar-refractivity contribution is 0.306. The molecule has 2 heterocycles. The molecule has 6 nitrogen and oxygen atoms in total. The molecule has 0 radical (unpaired) electrons. The van der Waals surface area contributed by atoms with E-state index in [2.05, 4.69) is 40.2 Å². The van der Waals surface area contributed by atoms with E-state index in [-0.39, 0.29) is 11.6 Å². The van der Waals surface area contributed by atoms with Crippen molar-refractivity contribution in [2.24, 2.45) is 4.99 Å². The van der Waals surface area contributed by atoms with Crippen LogP contribution in [0, 0.1) is 0 Å². The van der Waals surface area contributed by atoms with E-state index in [1.54, 1.807) is 14.2 Å². The molecule has 1 aromatic heterocycles. The van der Waals surface area contributed by atoms with Gasteiger partial charge in [0, 0.05) is 10.0 Å². The first-order chi connectivity index (χ1) is 21.5. The zero-order valence-electron chi connectivity index (χ0n) is 24.2. The van der Waals surface area contributed by atoms with Crippen molar-refractivity contribution >= 4 is 39.0 Å². The van der Waals surface area contributed by atoms with E-state index in [0.29, 0.717) is 27.4 Å². The molecule has 0 saturated carbocycles. The molecule has 5 aromatic rings. The van der Waals surface area contributed by atoms with Gasteiger partial charge in [-0.2, -0.15) is 0 Å². The summed E-state index contributed by atoms with van der Waals surface area (Å²) in [7, 11) is 3.26. The zero-order valence-corrected chi connectivity index (χ0v) is 26.7. The number of thiazole rings is 1. The summed E-state index contributed by atoms with van der Waals surface area (Å²) in [4.78, 5) is 20.0. The Balaban J connectivity index is 1.32. The molecule has 0 bridgehead atoms. The Kier molecular flexibility index (Phi) is 7.70. The van der Waals surface area contributed by atoms with Crippen LogP contribution in [-0.4, -0.2) is 18.8 Å². The van der Waals surface area contributed by atoms with Crippen LogP contribution in [0.25, 0.3) is 11.8 Å². The van der Waals surface area contributed by atoms with Crippen LogP contribution in [0.1, 0.15) is 40.3 Å². The Bertz CT molecular complexity index is 2100. The van der Waals surface area contributed by atoms with E-state index in [4.69, 9.17) is 19.2 Å². The zero-order chi connectivity index (χ0) is 30.2. The third-order valence-electron chi connectivity index (χ3n) is 8.07. The number of rotatable bonds is 7. The van der Waals surface area contributed by atoms with Gasteiger partial charge < -0.3 is 14.2 Å². The van der Waals surface area contributed by atoms with E-state index < -0.39 is 0 Å². The number of nitrogens with zero attached hydrogens (tertiary/aromatic N) is 2. The van der Waals surface area contributed by atoms with Gasteiger partial charge in [0.25, 0.3) is 5.56 Å². The first kappa shape index (κ1) is 28.4. The number of aromatic nitrogens is 1. The average molecular weight is 666 g/mol. The summed E-state index contributed by atoms with van der Waals surface area (Å²) < 4.78 is 20.7. The molecule has 44 heavy (non-hydrogen) atoms. The molecule has 7 rings (SSSR count). The van der Waals surface area contributed by atoms with E-state index >= 15 is 0 Å². The second-order valence-corrected chi connectivity index (χ2v) is 12.6. The van der Waals surface area contributed by atoms with Crippen molar-refractivity contribution in [3.05, 3.63) is 149 Å². The largest absolute Gasteiger partial charge is 0.493 e. The lowest BCUT2D eigenvalue weighted by Gasteiger charge is -2.31. The minimum absolute atomic E-state index is 0.0693. The molecule has 1 aliphatic carbocycles. The molecule has 1 aliphatic heterocycles. The van der Waals surface area contributed by atoms with Gasteiger partial charge in [0.15, 0.2) is 16.3 Å². The van der Waals surface area contributed by atoms with Crippen LogP contribution >= 0.6 is 27.3 Å². The Morgan fingerprint density at radius 3 is 2.57 bits per heavy atom. The highest BCUT2D eigenvalue weighted by Gasteiger charge is 2.33. The van der Waals surface area contributed by atoms with Crippen LogP contribution in [0.4, 0.5) is 0 Å². The summed E-state index contributed by atoms with van der Waals surface area (Å²) in [6.07, 6.45) is 3.64. The maximum atomic E-state index is 14.2. The van der Waals surface area contributed by atoms with Crippen molar-refractivity contribution < 1.29 is 14.2 Å². The number of benzene rings is 4. The van der Waals surface area contributed by atoms with Crippen molar-refractivity contribution in [2.75, 3.05) is 14.2 Å². The minimum atomic E-state index is -0.308. The van der Waals surface area contributed by atoms with Crippen LogP contribution < -0.4 is 29.1 Å². The number of methoxy groups -OCH3 is 2. The summed E-state index contributed by atoms with van der Waals surface area (Å²) >= 11 is 4.89. The van der Waals surface area contributed by atoms with Gasteiger partial charge in [-0.3, -0.25) is 9.36 Å². The molecule has 0 saturated heterocycles. The highest BCUT2D eigenvalue weighted by Crippen LogP contribution is 2.42. The van der Waals surface area contributed by atoms with Crippen LogP contribution in [0.2, 0.25) is 0 Å². The van der Waals surface area contributed by atoms with Gasteiger partial charge in [0.2, 0.25) is 0 Å². The van der Waals surface area contributed by atoms with Crippen molar-refractivity contribution in [3.8, 4) is 17.2 Å². The predicted molar refractivity (Wildman–Crippen MR) is 177 cm³/mol. The van der Waals surface area contributed by atoms with Gasteiger partial charge in [-0.05, 0) is 83.1 Å². The van der Waals surface area contributed by atoms with Crippen molar-refractivity contribution in [1.82, 2.24) is 4.57 Å². The third kappa shape index (κ3) is 5.29. The van der Waals surface area contributed by atoms with Gasteiger partial charge in [-0.1, -0.05) is 81.9 Å². The maximum Gasteiger partial charge on any atom is 0.271 e. The molecule has 0 fully saturated rings. The standard InChI is InChI=1S/C36H29BrN2O4S/c1-41-30-17-13-25(20-31(30)42-2)34-29-16-12-24-7-3-4-9-28(24)33(29)38-36-39(34)35(40)32(44-36)19-23-6-5-8-27(18-23)43-21-22-10-14-26(37)15-11-22/h3-11,13-15,17-20,34H,12,16,21H2,1-2H3/b32-19+. The summed E-state index contributed by atoms with van der Waals surface area (Å²) in [6, 6.07) is 29.9. The average Bonchev–Trinajstić information content (AvgIpc) is 3.37. The van der Waals surface area contributed by atoms with Gasteiger partial charge in [-0.25, -0.2) is 4.99 Å². The molecule has 2 aliphatic rings. The Hall–Kier alpha value is -4.40. The number of hydrogen-bond donors (Lipinski definition) is 0. The van der Waals surface area contributed by atoms with Gasteiger partial charge in [-0.15, -0.1) is 0 Å². The number of allylic oxidation sites excluding steroid dienone is 1. The van der Waals surface area contributed by atoms with Gasteiger partial charge in [0.1, 0.15) is 12.4 Å². The molecule has 1 atom stereocenters. The van der Waals surface area contributed by atoms with Crippen molar-refractivity contribution in [1.29, 1.82) is 0 Å². The first-order valence-corrected chi connectivity index (χ1v) is 16.0. The van der Waals surface area contributed by atoms with Gasteiger partial charge in [0.05, 0.1) is 30.5 Å². The molecule has 0 spiro atoms. The minimum Gasteiger partial charge on any atom is -0.493 e. The van der Waals surface area contributed by atoms with E-state index in [9.17, 15) is 4.79 Å².